The Morgan fingerprint density at radius 3 is 3.11 bits per heavy atom. The van der Waals surface area contributed by atoms with Gasteiger partial charge in [-0.2, -0.15) is 0 Å². The molecule has 9 heavy (non-hydrogen) atoms. The number of rotatable bonds is 1. The Kier molecular flexibility index (Phi) is 1.88. The number of hydrogen-bond acceptors (Lipinski definition) is 2. The molecule has 0 aromatic rings. The monoisotopic (exact) mass is 126 g/mol. The van der Waals surface area contributed by atoms with Crippen molar-refractivity contribution in [3.63, 3.8) is 0 Å². The van der Waals surface area contributed by atoms with Crippen LogP contribution in [-0.4, -0.2) is 12.1 Å². The molecule has 2 heteroatoms. The van der Waals surface area contributed by atoms with E-state index in [0.717, 1.165) is 6.42 Å². The van der Waals surface area contributed by atoms with Gasteiger partial charge in [0.25, 0.3) is 0 Å². The minimum Gasteiger partial charge on any atom is -0.458 e. The van der Waals surface area contributed by atoms with Crippen LogP contribution in [0.5, 0.6) is 0 Å². The third-order valence-electron chi connectivity index (χ3n) is 1.32. The number of ether oxygens (including phenoxy) is 1. The topological polar surface area (TPSA) is 26.3 Å². The fourth-order valence-corrected chi connectivity index (χ4v) is 0.792. The van der Waals surface area contributed by atoms with E-state index in [1.54, 1.807) is 0 Å². The zero-order valence-corrected chi connectivity index (χ0v) is 5.46. The Bertz CT molecular complexity index is 138. The highest BCUT2D eigenvalue weighted by Crippen LogP contribution is 2.07. The van der Waals surface area contributed by atoms with E-state index in [4.69, 9.17) is 4.74 Å². The van der Waals surface area contributed by atoms with Crippen LogP contribution in [0.4, 0.5) is 0 Å². The normalized spacial score (nSPS) is 25.9. The Hall–Kier alpha value is -0.790. The quantitative estimate of drug-likeness (QED) is 0.390. The van der Waals surface area contributed by atoms with E-state index in [2.05, 4.69) is 0 Å². The predicted octanol–water partition coefficient (Wildman–Crippen LogP) is 1.27. The van der Waals surface area contributed by atoms with Gasteiger partial charge >= 0.3 is 5.97 Å². The lowest BCUT2D eigenvalue weighted by Gasteiger charge is -2.14. The van der Waals surface area contributed by atoms with Crippen molar-refractivity contribution in [1.82, 2.24) is 0 Å². The van der Waals surface area contributed by atoms with Crippen molar-refractivity contribution < 1.29 is 9.53 Å². The molecule has 1 aliphatic rings. The summed E-state index contributed by atoms with van der Waals surface area (Å²) in [5.41, 5.74) is 0. The summed E-state index contributed by atoms with van der Waals surface area (Å²) in [7, 11) is 0. The molecule has 0 spiro atoms. The lowest BCUT2D eigenvalue weighted by Crippen LogP contribution is -2.17. The van der Waals surface area contributed by atoms with Gasteiger partial charge in [0.15, 0.2) is 0 Å². The molecule has 0 amide bonds. The Labute approximate surface area is 54.5 Å². The number of hydrogen-bond donors (Lipinski definition) is 0. The number of cyclic esters (lactones) is 1. The van der Waals surface area contributed by atoms with Crippen LogP contribution in [0.25, 0.3) is 0 Å². The smallest absolute Gasteiger partial charge is 0.310 e. The molecule has 0 unspecified atom stereocenters. The van der Waals surface area contributed by atoms with Gasteiger partial charge in [0.1, 0.15) is 6.10 Å². The summed E-state index contributed by atoms with van der Waals surface area (Å²) in [5.74, 6) is -0.107. The molecule has 2 nitrogen and oxygen atoms in total. The molecular formula is C7H10O2. The van der Waals surface area contributed by atoms with Gasteiger partial charge in [-0.3, -0.25) is 4.79 Å². The van der Waals surface area contributed by atoms with Crippen LogP contribution in [0.3, 0.4) is 0 Å². The lowest BCUT2D eigenvalue weighted by molar-refractivity contribution is -0.146. The standard InChI is InChI=1S/C7H10O2/c1-2-6-4-3-5-7(8)9-6/h3-4,6H,2,5H2,1H3/t6-/m0/s1. The zero-order valence-electron chi connectivity index (χ0n) is 5.46. The fraction of sp³-hybridized carbons (Fsp3) is 0.571. The van der Waals surface area contributed by atoms with Crippen molar-refractivity contribution in [2.75, 3.05) is 0 Å². The summed E-state index contributed by atoms with van der Waals surface area (Å²) in [4.78, 5) is 10.6. The maximum atomic E-state index is 10.6. The van der Waals surface area contributed by atoms with Gasteiger partial charge in [-0.05, 0) is 12.5 Å². The van der Waals surface area contributed by atoms with Gasteiger partial charge in [0, 0.05) is 0 Å². The molecule has 1 aliphatic heterocycles. The van der Waals surface area contributed by atoms with Gasteiger partial charge in [0.2, 0.25) is 0 Å². The van der Waals surface area contributed by atoms with Crippen LogP contribution in [0, 0.1) is 0 Å². The van der Waals surface area contributed by atoms with E-state index in [-0.39, 0.29) is 12.1 Å². The lowest BCUT2D eigenvalue weighted by atomic mass is 10.2. The molecular weight excluding hydrogens is 116 g/mol. The molecule has 50 valence electrons. The van der Waals surface area contributed by atoms with Gasteiger partial charge in [-0.25, -0.2) is 0 Å². The Balaban J connectivity index is 2.49. The SMILES string of the molecule is CC[C@H]1C=CCC(=O)O1. The second-order valence-electron chi connectivity index (χ2n) is 2.07. The predicted molar refractivity (Wildman–Crippen MR) is 33.9 cm³/mol. The van der Waals surface area contributed by atoms with E-state index in [1.807, 2.05) is 19.1 Å². The first kappa shape index (κ1) is 6.33. The third kappa shape index (κ3) is 1.56. The molecule has 0 bridgehead atoms. The largest absolute Gasteiger partial charge is 0.458 e. The summed E-state index contributed by atoms with van der Waals surface area (Å²) in [6.07, 6.45) is 5.14. The Morgan fingerprint density at radius 1 is 1.89 bits per heavy atom. The summed E-state index contributed by atoms with van der Waals surface area (Å²) in [5, 5.41) is 0. The summed E-state index contributed by atoms with van der Waals surface area (Å²) in [6.45, 7) is 1.99. The van der Waals surface area contributed by atoms with Gasteiger partial charge < -0.3 is 4.74 Å². The molecule has 1 heterocycles. The van der Waals surface area contributed by atoms with Gasteiger partial charge in [-0.1, -0.05) is 13.0 Å². The zero-order chi connectivity index (χ0) is 6.69. The summed E-state index contributed by atoms with van der Waals surface area (Å²) in [6, 6.07) is 0. The van der Waals surface area contributed by atoms with E-state index in [0.29, 0.717) is 6.42 Å². The van der Waals surface area contributed by atoms with E-state index in [9.17, 15) is 4.79 Å². The molecule has 0 saturated heterocycles. The van der Waals surface area contributed by atoms with Crippen LogP contribution in [0.1, 0.15) is 19.8 Å². The highest BCUT2D eigenvalue weighted by atomic mass is 16.5. The van der Waals surface area contributed by atoms with Crippen molar-refractivity contribution in [1.29, 1.82) is 0 Å². The van der Waals surface area contributed by atoms with Crippen molar-refractivity contribution in [3.05, 3.63) is 12.2 Å². The minimum absolute atomic E-state index is 0.0336. The summed E-state index contributed by atoms with van der Waals surface area (Å²) >= 11 is 0. The number of carbonyl (C=O) groups excluding carboxylic acids is 1. The Morgan fingerprint density at radius 2 is 2.67 bits per heavy atom. The second kappa shape index (κ2) is 2.67. The molecule has 0 fully saturated rings. The molecule has 0 N–H and O–H groups in total. The molecule has 1 rings (SSSR count). The van der Waals surface area contributed by atoms with E-state index < -0.39 is 0 Å². The highest BCUT2D eigenvalue weighted by Gasteiger charge is 2.11. The van der Waals surface area contributed by atoms with Crippen molar-refractivity contribution in [2.45, 2.75) is 25.9 Å². The molecule has 1 atom stereocenters. The minimum atomic E-state index is -0.107. The molecule has 0 aromatic heterocycles. The van der Waals surface area contributed by atoms with Crippen molar-refractivity contribution >= 4 is 5.97 Å². The van der Waals surface area contributed by atoms with Crippen LogP contribution in [0.15, 0.2) is 12.2 Å². The second-order valence-corrected chi connectivity index (χ2v) is 2.07. The summed E-state index contributed by atoms with van der Waals surface area (Å²) < 4.78 is 4.91. The van der Waals surface area contributed by atoms with Crippen molar-refractivity contribution in [3.8, 4) is 0 Å². The van der Waals surface area contributed by atoms with Crippen molar-refractivity contribution in [2.24, 2.45) is 0 Å². The van der Waals surface area contributed by atoms with Gasteiger partial charge in [-0.15, -0.1) is 0 Å². The van der Waals surface area contributed by atoms with Crippen LogP contribution >= 0.6 is 0 Å². The van der Waals surface area contributed by atoms with E-state index in [1.165, 1.54) is 0 Å². The number of esters is 1. The number of carbonyl (C=O) groups is 1. The average Bonchev–Trinajstić information content (AvgIpc) is 1.88. The third-order valence-corrected chi connectivity index (χ3v) is 1.32. The van der Waals surface area contributed by atoms with Crippen LogP contribution < -0.4 is 0 Å². The van der Waals surface area contributed by atoms with Crippen LogP contribution in [0.2, 0.25) is 0 Å². The van der Waals surface area contributed by atoms with Gasteiger partial charge in [0.05, 0.1) is 6.42 Å². The first-order valence-corrected chi connectivity index (χ1v) is 3.19. The highest BCUT2D eigenvalue weighted by molar-refractivity contribution is 5.72. The average molecular weight is 126 g/mol. The van der Waals surface area contributed by atoms with E-state index >= 15 is 0 Å². The molecule has 0 aliphatic carbocycles. The first-order valence-electron chi connectivity index (χ1n) is 3.19. The van der Waals surface area contributed by atoms with Crippen LogP contribution in [-0.2, 0) is 9.53 Å². The maximum absolute atomic E-state index is 10.6. The fourth-order valence-electron chi connectivity index (χ4n) is 0.792. The molecule has 0 aromatic carbocycles. The maximum Gasteiger partial charge on any atom is 0.310 e. The molecule has 0 radical (unpaired) electrons. The first-order chi connectivity index (χ1) is 4.33. The molecule has 0 saturated carbocycles.